The van der Waals surface area contributed by atoms with Crippen molar-refractivity contribution in [3.05, 3.63) is 51.1 Å². The summed E-state index contributed by atoms with van der Waals surface area (Å²) in [4.78, 5) is 21.2. The first-order valence-electron chi connectivity index (χ1n) is 7.44. The monoisotopic (exact) mass is 346 g/mol. The fourth-order valence-corrected chi connectivity index (χ4v) is 3.87. The third-order valence-electron chi connectivity index (χ3n) is 3.32. The maximum Gasteiger partial charge on any atom is 0.260 e. The van der Waals surface area contributed by atoms with Crippen molar-refractivity contribution in [1.82, 2.24) is 9.97 Å². The highest BCUT2D eigenvalue weighted by Crippen LogP contribution is 2.22. The molecule has 3 aromatic rings. The predicted octanol–water partition coefficient (Wildman–Crippen LogP) is 4.16. The van der Waals surface area contributed by atoms with Gasteiger partial charge in [0.2, 0.25) is 0 Å². The molecule has 1 N–H and O–H groups in total. The average molecular weight is 346 g/mol. The number of H-pyrrole nitrogens is 1. The second kappa shape index (κ2) is 7.19. The highest BCUT2D eigenvalue weighted by atomic mass is 32.2. The van der Waals surface area contributed by atoms with Crippen molar-refractivity contribution in [1.29, 1.82) is 0 Å². The van der Waals surface area contributed by atoms with Crippen LogP contribution in [0, 0.1) is 13.8 Å². The molecule has 2 heterocycles. The second-order valence-electron chi connectivity index (χ2n) is 5.31. The van der Waals surface area contributed by atoms with Gasteiger partial charge in [0.25, 0.3) is 5.56 Å². The van der Waals surface area contributed by atoms with E-state index in [1.165, 1.54) is 5.56 Å². The van der Waals surface area contributed by atoms with Crippen LogP contribution in [0.2, 0.25) is 0 Å². The zero-order chi connectivity index (χ0) is 16.2. The van der Waals surface area contributed by atoms with Gasteiger partial charge in [0, 0.05) is 10.6 Å². The molecule has 3 rings (SSSR count). The van der Waals surface area contributed by atoms with Gasteiger partial charge in [-0.25, -0.2) is 4.98 Å². The zero-order valence-electron chi connectivity index (χ0n) is 13.1. The van der Waals surface area contributed by atoms with Crippen LogP contribution in [0.3, 0.4) is 0 Å². The van der Waals surface area contributed by atoms with Crippen molar-refractivity contribution in [3.8, 4) is 5.75 Å². The first kappa shape index (κ1) is 16.1. The summed E-state index contributed by atoms with van der Waals surface area (Å²) in [5, 5.41) is 1.36. The molecule has 0 atom stereocenters. The summed E-state index contributed by atoms with van der Waals surface area (Å²) in [7, 11) is 0. The lowest BCUT2D eigenvalue weighted by Gasteiger charge is -2.06. The quantitative estimate of drug-likeness (QED) is 0.414. The summed E-state index contributed by atoms with van der Waals surface area (Å²) >= 11 is 3.11. The summed E-state index contributed by atoms with van der Waals surface area (Å²) in [5.41, 5.74) is 1.17. The number of thioether (sulfide) groups is 1. The molecule has 0 aliphatic carbocycles. The molecule has 23 heavy (non-hydrogen) atoms. The van der Waals surface area contributed by atoms with Crippen LogP contribution in [0.4, 0.5) is 0 Å². The van der Waals surface area contributed by atoms with Crippen molar-refractivity contribution in [2.24, 2.45) is 0 Å². The minimum atomic E-state index is -0.0576. The molecule has 0 saturated heterocycles. The molecule has 4 nitrogen and oxygen atoms in total. The number of aromatic amines is 1. The van der Waals surface area contributed by atoms with Crippen molar-refractivity contribution >= 4 is 33.3 Å². The predicted molar refractivity (Wildman–Crippen MR) is 97.0 cm³/mol. The molecule has 0 spiro atoms. The van der Waals surface area contributed by atoms with Crippen LogP contribution in [0.15, 0.2) is 40.3 Å². The molecule has 0 saturated carbocycles. The van der Waals surface area contributed by atoms with Crippen molar-refractivity contribution in [2.45, 2.75) is 25.4 Å². The number of ether oxygens (including phenoxy) is 1. The Morgan fingerprint density at radius 1 is 1.26 bits per heavy atom. The first-order chi connectivity index (χ1) is 11.1. The van der Waals surface area contributed by atoms with Gasteiger partial charge >= 0.3 is 0 Å². The SMILES string of the molecule is Cc1ccc(OCCCSc2nc3sc(C)cc3c(=O)[nH]2)cc1. The Hall–Kier alpha value is -1.79. The largest absolute Gasteiger partial charge is 0.494 e. The standard InChI is InChI=1S/C17H18N2O2S2/c1-11-4-6-13(7-5-11)21-8-3-9-22-17-18-15(20)14-10-12(2)23-16(14)19-17/h4-7,10H,3,8-9H2,1-2H3,(H,18,19,20). The molecule has 0 aliphatic rings. The summed E-state index contributed by atoms with van der Waals surface area (Å²) in [6.45, 7) is 4.70. The van der Waals surface area contributed by atoms with Gasteiger partial charge in [-0.1, -0.05) is 29.5 Å². The zero-order valence-corrected chi connectivity index (χ0v) is 14.7. The van der Waals surface area contributed by atoms with E-state index in [0.717, 1.165) is 27.6 Å². The number of benzene rings is 1. The number of hydrogen-bond donors (Lipinski definition) is 1. The van der Waals surface area contributed by atoms with Crippen LogP contribution in [-0.2, 0) is 0 Å². The first-order valence-corrected chi connectivity index (χ1v) is 9.25. The van der Waals surface area contributed by atoms with Crippen LogP contribution in [0.5, 0.6) is 5.75 Å². The second-order valence-corrected chi connectivity index (χ2v) is 7.63. The summed E-state index contributed by atoms with van der Waals surface area (Å²) in [6, 6.07) is 9.92. The van der Waals surface area contributed by atoms with E-state index in [1.807, 2.05) is 37.3 Å². The van der Waals surface area contributed by atoms with Crippen molar-refractivity contribution < 1.29 is 4.74 Å². The molecular formula is C17H18N2O2S2. The Labute approximate surface area is 142 Å². The number of thiophene rings is 1. The fraction of sp³-hybridized carbons (Fsp3) is 0.294. The Morgan fingerprint density at radius 2 is 2.04 bits per heavy atom. The van der Waals surface area contributed by atoms with E-state index in [4.69, 9.17) is 4.74 Å². The molecule has 0 unspecified atom stereocenters. The fourth-order valence-electron chi connectivity index (χ4n) is 2.15. The third kappa shape index (κ3) is 4.14. The topological polar surface area (TPSA) is 55.0 Å². The lowest BCUT2D eigenvalue weighted by Crippen LogP contribution is -2.08. The van der Waals surface area contributed by atoms with Gasteiger partial charge in [-0.15, -0.1) is 11.3 Å². The number of rotatable bonds is 6. The van der Waals surface area contributed by atoms with Gasteiger partial charge in [0.15, 0.2) is 5.16 Å². The minimum Gasteiger partial charge on any atom is -0.494 e. The molecule has 0 fully saturated rings. The van der Waals surface area contributed by atoms with Crippen LogP contribution in [0.1, 0.15) is 16.9 Å². The van der Waals surface area contributed by atoms with E-state index in [0.29, 0.717) is 17.1 Å². The van der Waals surface area contributed by atoms with Gasteiger partial charge in [0.1, 0.15) is 10.6 Å². The minimum absolute atomic E-state index is 0.0576. The number of aryl methyl sites for hydroxylation is 2. The summed E-state index contributed by atoms with van der Waals surface area (Å²) < 4.78 is 5.69. The number of fused-ring (bicyclic) bond motifs is 1. The van der Waals surface area contributed by atoms with Crippen LogP contribution < -0.4 is 10.3 Å². The van der Waals surface area contributed by atoms with Gasteiger partial charge in [-0.2, -0.15) is 0 Å². The molecule has 120 valence electrons. The number of nitrogens with one attached hydrogen (secondary N) is 1. The lowest BCUT2D eigenvalue weighted by atomic mass is 10.2. The van der Waals surface area contributed by atoms with Gasteiger partial charge in [-0.05, 0) is 38.5 Å². The van der Waals surface area contributed by atoms with Crippen molar-refractivity contribution in [2.75, 3.05) is 12.4 Å². The van der Waals surface area contributed by atoms with E-state index >= 15 is 0 Å². The molecular weight excluding hydrogens is 328 g/mol. The lowest BCUT2D eigenvalue weighted by molar-refractivity contribution is 0.318. The molecule has 1 aromatic carbocycles. The highest BCUT2D eigenvalue weighted by molar-refractivity contribution is 7.99. The maximum absolute atomic E-state index is 12.0. The number of nitrogens with zero attached hydrogens (tertiary/aromatic N) is 1. The Bertz CT molecular complexity index is 853. The van der Waals surface area contributed by atoms with E-state index < -0.39 is 0 Å². The van der Waals surface area contributed by atoms with E-state index in [9.17, 15) is 4.79 Å². The Kier molecular flexibility index (Phi) is 5.03. The highest BCUT2D eigenvalue weighted by Gasteiger charge is 2.07. The molecule has 6 heteroatoms. The Balaban J connectivity index is 1.50. The van der Waals surface area contributed by atoms with Gasteiger partial charge in [0.05, 0.1) is 12.0 Å². The third-order valence-corrected chi connectivity index (χ3v) is 5.22. The molecule has 2 aromatic heterocycles. The van der Waals surface area contributed by atoms with E-state index in [-0.39, 0.29) is 5.56 Å². The Morgan fingerprint density at radius 3 is 2.83 bits per heavy atom. The molecule has 0 aliphatic heterocycles. The normalized spacial score (nSPS) is 11.0. The molecule has 0 bridgehead atoms. The maximum atomic E-state index is 12.0. The molecule has 0 amide bonds. The van der Waals surface area contributed by atoms with E-state index in [1.54, 1.807) is 23.1 Å². The van der Waals surface area contributed by atoms with Crippen LogP contribution >= 0.6 is 23.1 Å². The summed E-state index contributed by atoms with van der Waals surface area (Å²) in [6.07, 6.45) is 0.893. The summed E-state index contributed by atoms with van der Waals surface area (Å²) in [5.74, 6) is 1.74. The van der Waals surface area contributed by atoms with Crippen molar-refractivity contribution in [3.63, 3.8) is 0 Å². The van der Waals surface area contributed by atoms with Crippen LogP contribution in [-0.4, -0.2) is 22.3 Å². The average Bonchev–Trinajstić information content (AvgIpc) is 2.90. The smallest absolute Gasteiger partial charge is 0.260 e. The number of hydrogen-bond acceptors (Lipinski definition) is 5. The van der Waals surface area contributed by atoms with Crippen LogP contribution in [0.25, 0.3) is 10.2 Å². The number of aromatic nitrogens is 2. The molecule has 0 radical (unpaired) electrons. The van der Waals surface area contributed by atoms with Gasteiger partial charge in [-0.3, -0.25) is 4.79 Å². The van der Waals surface area contributed by atoms with E-state index in [2.05, 4.69) is 16.9 Å². The van der Waals surface area contributed by atoms with Gasteiger partial charge < -0.3 is 9.72 Å².